The average Bonchev–Trinajstić information content (AvgIpc) is 2.12. The predicted octanol–water partition coefficient (Wildman–Crippen LogP) is 1.76. The molecular formula is C12H22N2O. The van der Waals surface area contributed by atoms with Crippen molar-refractivity contribution in [1.29, 1.82) is 0 Å². The Morgan fingerprint density at radius 3 is 2.33 bits per heavy atom. The average molecular weight is 210 g/mol. The standard InChI is InChI=1S/C12H22N2O/c1-8(2)10-9(13-5)7-12(3,4)14(6)11(10)15/h8,13H,7H2,1-6H3. The van der Waals surface area contributed by atoms with E-state index in [0.717, 1.165) is 17.7 Å². The van der Waals surface area contributed by atoms with Crippen molar-refractivity contribution in [3.8, 4) is 0 Å². The summed E-state index contributed by atoms with van der Waals surface area (Å²) in [6.07, 6.45) is 0.902. The van der Waals surface area contributed by atoms with Crippen LogP contribution in [0, 0.1) is 5.92 Å². The van der Waals surface area contributed by atoms with E-state index in [-0.39, 0.29) is 17.4 Å². The molecule has 0 bridgehead atoms. The number of carbonyl (C=O) groups excluding carboxylic acids is 1. The van der Waals surface area contributed by atoms with Crippen molar-refractivity contribution in [3.63, 3.8) is 0 Å². The summed E-state index contributed by atoms with van der Waals surface area (Å²) in [6, 6.07) is 0. The molecule has 86 valence electrons. The van der Waals surface area contributed by atoms with Crippen molar-refractivity contribution < 1.29 is 4.79 Å². The van der Waals surface area contributed by atoms with E-state index in [2.05, 4.69) is 33.0 Å². The number of carbonyl (C=O) groups is 1. The Kier molecular flexibility index (Phi) is 3.12. The zero-order chi connectivity index (χ0) is 11.8. The Bertz CT molecular complexity index is 303. The summed E-state index contributed by atoms with van der Waals surface area (Å²) in [4.78, 5) is 14.0. The third kappa shape index (κ3) is 2.01. The summed E-state index contributed by atoms with van der Waals surface area (Å²) in [6.45, 7) is 8.33. The zero-order valence-corrected chi connectivity index (χ0v) is 10.6. The van der Waals surface area contributed by atoms with Gasteiger partial charge in [0.2, 0.25) is 0 Å². The fraction of sp³-hybridized carbons (Fsp3) is 0.750. The molecule has 0 aromatic rings. The Morgan fingerprint density at radius 1 is 1.40 bits per heavy atom. The molecule has 0 saturated heterocycles. The van der Waals surface area contributed by atoms with Gasteiger partial charge in [-0.25, -0.2) is 0 Å². The quantitative estimate of drug-likeness (QED) is 0.753. The van der Waals surface area contributed by atoms with Gasteiger partial charge in [0.1, 0.15) is 0 Å². The number of hydrogen-bond acceptors (Lipinski definition) is 2. The molecule has 1 amide bonds. The molecule has 0 aromatic heterocycles. The van der Waals surface area contributed by atoms with Gasteiger partial charge in [-0.15, -0.1) is 0 Å². The van der Waals surface area contributed by atoms with E-state index in [1.54, 1.807) is 0 Å². The van der Waals surface area contributed by atoms with Crippen LogP contribution in [0.2, 0.25) is 0 Å². The topological polar surface area (TPSA) is 32.3 Å². The molecule has 15 heavy (non-hydrogen) atoms. The van der Waals surface area contributed by atoms with Crippen molar-refractivity contribution in [1.82, 2.24) is 10.2 Å². The molecule has 3 heteroatoms. The van der Waals surface area contributed by atoms with E-state index in [1.807, 2.05) is 19.0 Å². The van der Waals surface area contributed by atoms with Crippen LogP contribution in [0.25, 0.3) is 0 Å². The Hall–Kier alpha value is -0.990. The normalized spacial score (nSPS) is 21.3. The molecule has 1 aliphatic rings. The fourth-order valence-corrected chi connectivity index (χ4v) is 2.05. The van der Waals surface area contributed by atoms with Gasteiger partial charge in [0, 0.05) is 37.3 Å². The molecule has 0 aromatic carbocycles. The van der Waals surface area contributed by atoms with E-state index >= 15 is 0 Å². The summed E-state index contributed by atoms with van der Waals surface area (Å²) in [5.41, 5.74) is 1.94. The molecule has 0 radical (unpaired) electrons. The molecule has 0 unspecified atom stereocenters. The number of hydrogen-bond donors (Lipinski definition) is 1. The number of likely N-dealkylation sites (N-methyl/N-ethyl adjacent to an activating group) is 1. The van der Waals surface area contributed by atoms with Gasteiger partial charge in [-0.3, -0.25) is 4.79 Å². The van der Waals surface area contributed by atoms with E-state index in [0.29, 0.717) is 0 Å². The van der Waals surface area contributed by atoms with Crippen LogP contribution in [0.3, 0.4) is 0 Å². The molecule has 1 rings (SSSR count). The summed E-state index contributed by atoms with van der Waals surface area (Å²) in [5.74, 6) is 0.434. The zero-order valence-electron chi connectivity index (χ0n) is 10.6. The monoisotopic (exact) mass is 210 g/mol. The SMILES string of the molecule is CNC1=C(C(C)C)C(=O)N(C)C(C)(C)C1. The van der Waals surface area contributed by atoms with Gasteiger partial charge >= 0.3 is 0 Å². The first kappa shape index (κ1) is 12.1. The van der Waals surface area contributed by atoms with Crippen LogP contribution in [0.5, 0.6) is 0 Å². The lowest BCUT2D eigenvalue weighted by atomic mass is 9.85. The molecule has 0 atom stereocenters. The number of amides is 1. The van der Waals surface area contributed by atoms with Crippen LogP contribution in [-0.4, -0.2) is 30.4 Å². The Labute approximate surface area is 92.5 Å². The van der Waals surface area contributed by atoms with Crippen LogP contribution < -0.4 is 5.32 Å². The second-order valence-electron chi connectivity index (χ2n) is 5.15. The minimum atomic E-state index is -0.0895. The van der Waals surface area contributed by atoms with Gasteiger partial charge in [0.25, 0.3) is 5.91 Å². The van der Waals surface area contributed by atoms with Gasteiger partial charge in [-0.1, -0.05) is 13.8 Å². The lowest BCUT2D eigenvalue weighted by Gasteiger charge is -2.42. The molecule has 1 N–H and O–H groups in total. The highest BCUT2D eigenvalue weighted by molar-refractivity contribution is 5.96. The number of rotatable bonds is 2. The van der Waals surface area contributed by atoms with Gasteiger partial charge in [-0.05, 0) is 19.8 Å². The first-order valence-electron chi connectivity index (χ1n) is 5.50. The third-order valence-corrected chi connectivity index (χ3v) is 3.26. The molecule has 0 spiro atoms. The van der Waals surface area contributed by atoms with E-state index in [4.69, 9.17) is 0 Å². The van der Waals surface area contributed by atoms with Crippen LogP contribution in [0.4, 0.5) is 0 Å². The van der Waals surface area contributed by atoms with Gasteiger partial charge in [0.05, 0.1) is 0 Å². The Balaban J connectivity index is 3.20. The third-order valence-electron chi connectivity index (χ3n) is 3.26. The number of nitrogens with zero attached hydrogens (tertiary/aromatic N) is 1. The Morgan fingerprint density at radius 2 is 1.93 bits per heavy atom. The van der Waals surface area contributed by atoms with Gasteiger partial charge in [0.15, 0.2) is 0 Å². The summed E-state index contributed by atoms with van der Waals surface area (Å²) in [7, 11) is 3.78. The van der Waals surface area contributed by atoms with Crippen molar-refractivity contribution in [3.05, 3.63) is 11.3 Å². The first-order chi connectivity index (χ1) is 6.81. The first-order valence-corrected chi connectivity index (χ1v) is 5.50. The molecule has 0 aliphatic carbocycles. The molecule has 1 aliphatic heterocycles. The van der Waals surface area contributed by atoms with Crippen molar-refractivity contribution in [2.45, 2.75) is 39.7 Å². The molecular weight excluding hydrogens is 188 g/mol. The van der Waals surface area contributed by atoms with Crippen LogP contribution in [-0.2, 0) is 4.79 Å². The van der Waals surface area contributed by atoms with E-state index in [1.165, 1.54) is 0 Å². The lowest BCUT2D eigenvalue weighted by molar-refractivity contribution is -0.132. The molecule has 1 heterocycles. The van der Waals surface area contributed by atoms with Crippen LogP contribution in [0.1, 0.15) is 34.1 Å². The second kappa shape index (κ2) is 3.87. The minimum absolute atomic E-state index is 0.0895. The maximum absolute atomic E-state index is 12.2. The van der Waals surface area contributed by atoms with Gasteiger partial charge in [-0.2, -0.15) is 0 Å². The smallest absolute Gasteiger partial charge is 0.251 e. The summed E-state index contributed by atoms with van der Waals surface area (Å²) >= 11 is 0. The second-order valence-corrected chi connectivity index (χ2v) is 5.15. The fourth-order valence-electron chi connectivity index (χ4n) is 2.05. The molecule has 0 saturated carbocycles. The highest BCUT2D eigenvalue weighted by Gasteiger charge is 2.37. The predicted molar refractivity (Wildman–Crippen MR) is 62.4 cm³/mol. The summed E-state index contributed by atoms with van der Waals surface area (Å²) in [5, 5.41) is 3.17. The van der Waals surface area contributed by atoms with Crippen molar-refractivity contribution in [2.24, 2.45) is 5.92 Å². The van der Waals surface area contributed by atoms with Crippen molar-refractivity contribution >= 4 is 5.91 Å². The summed E-state index contributed by atoms with van der Waals surface area (Å²) < 4.78 is 0. The largest absolute Gasteiger partial charge is 0.391 e. The lowest BCUT2D eigenvalue weighted by Crippen LogP contribution is -2.51. The highest BCUT2D eigenvalue weighted by atomic mass is 16.2. The maximum atomic E-state index is 12.2. The van der Waals surface area contributed by atoms with Crippen LogP contribution in [0.15, 0.2) is 11.3 Å². The van der Waals surface area contributed by atoms with E-state index in [9.17, 15) is 4.79 Å². The molecule has 3 nitrogen and oxygen atoms in total. The highest BCUT2D eigenvalue weighted by Crippen LogP contribution is 2.32. The molecule has 0 fully saturated rings. The van der Waals surface area contributed by atoms with Crippen molar-refractivity contribution in [2.75, 3.05) is 14.1 Å². The number of nitrogens with one attached hydrogen (secondary N) is 1. The minimum Gasteiger partial charge on any atom is -0.391 e. The van der Waals surface area contributed by atoms with Gasteiger partial charge < -0.3 is 10.2 Å². The van der Waals surface area contributed by atoms with Crippen LogP contribution >= 0.6 is 0 Å². The van der Waals surface area contributed by atoms with E-state index < -0.39 is 0 Å². The maximum Gasteiger partial charge on any atom is 0.251 e.